The molecule has 2 N–H and O–H groups in total. The lowest BCUT2D eigenvalue weighted by atomic mass is 10.1. The molecule has 6 nitrogen and oxygen atoms in total. The molecule has 0 aliphatic carbocycles. The number of amides is 2. The van der Waals surface area contributed by atoms with E-state index in [1.165, 1.54) is 5.56 Å². The fourth-order valence-corrected chi connectivity index (χ4v) is 3.83. The second-order valence-corrected chi connectivity index (χ2v) is 8.01. The maximum atomic E-state index is 12.6. The first-order chi connectivity index (χ1) is 14.4. The Morgan fingerprint density at radius 3 is 2.20 bits per heavy atom. The summed E-state index contributed by atoms with van der Waals surface area (Å²) >= 11 is 0. The Kier molecular flexibility index (Phi) is 7.60. The van der Waals surface area contributed by atoms with Gasteiger partial charge in [-0.1, -0.05) is 48.5 Å². The molecule has 0 radical (unpaired) electrons. The van der Waals surface area contributed by atoms with Crippen LogP contribution in [0.4, 0.5) is 5.69 Å². The van der Waals surface area contributed by atoms with E-state index in [4.69, 9.17) is 0 Å². The molecular formula is C24H32N4O2. The van der Waals surface area contributed by atoms with Crippen molar-refractivity contribution < 1.29 is 9.59 Å². The quantitative estimate of drug-likeness (QED) is 0.739. The number of carbonyl (C=O) groups is 2. The molecule has 1 atom stereocenters. The average Bonchev–Trinajstić information content (AvgIpc) is 2.75. The van der Waals surface area contributed by atoms with Crippen molar-refractivity contribution >= 4 is 17.5 Å². The highest BCUT2D eigenvalue weighted by Gasteiger charge is 2.25. The van der Waals surface area contributed by atoms with Gasteiger partial charge in [-0.25, -0.2) is 0 Å². The lowest BCUT2D eigenvalue weighted by Gasteiger charge is -2.37. The topological polar surface area (TPSA) is 64.7 Å². The van der Waals surface area contributed by atoms with E-state index in [1.54, 1.807) is 0 Å². The lowest BCUT2D eigenvalue weighted by molar-refractivity contribution is -0.128. The molecule has 1 heterocycles. The number of anilines is 1. The van der Waals surface area contributed by atoms with Crippen LogP contribution in [0, 0.1) is 13.8 Å². The molecule has 1 aliphatic heterocycles. The number of nitrogens with zero attached hydrogens (tertiary/aromatic N) is 2. The van der Waals surface area contributed by atoms with Crippen LogP contribution in [0.1, 0.15) is 23.6 Å². The van der Waals surface area contributed by atoms with Crippen LogP contribution >= 0.6 is 0 Å². The van der Waals surface area contributed by atoms with Crippen molar-refractivity contribution in [2.75, 3.05) is 38.0 Å². The summed E-state index contributed by atoms with van der Waals surface area (Å²) in [6, 6.07) is 16.1. The number of carbonyl (C=O) groups excluding carboxylic acids is 2. The predicted octanol–water partition coefficient (Wildman–Crippen LogP) is 2.56. The zero-order chi connectivity index (χ0) is 21.5. The maximum Gasteiger partial charge on any atom is 0.243 e. The van der Waals surface area contributed by atoms with Crippen molar-refractivity contribution in [1.82, 2.24) is 15.1 Å². The van der Waals surface area contributed by atoms with Crippen molar-refractivity contribution in [1.29, 1.82) is 0 Å². The van der Waals surface area contributed by atoms with Crippen LogP contribution in [0.15, 0.2) is 48.5 Å². The third-order valence-electron chi connectivity index (χ3n) is 5.75. The van der Waals surface area contributed by atoms with Crippen molar-refractivity contribution in [3.05, 3.63) is 65.2 Å². The largest absolute Gasteiger partial charge is 0.346 e. The van der Waals surface area contributed by atoms with Crippen LogP contribution in [0.5, 0.6) is 0 Å². The molecule has 30 heavy (non-hydrogen) atoms. The van der Waals surface area contributed by atoms with E-state index in [1.807, 2.05) is 45.0 Å². The molecule has 0 bridgehead atoms. The monoisotopic (exact) mass is 408 g/mol. The second-order valence-electron chi connectivity index (χ2n) is 8.01. The SMILES string of the molecule is Cc1cccc(C)c1NC(=O)CNC(=O)[C@H](C)N1CCN(Cc2ccccc2)CC1. The molecule has 6 heteroatoms. The van der Waals surface area contributed by atoms with Crippen LogP contribution in [0.3, 0.4) is 0 Å². The number of piperazine rings is 1. The fraction of sp³-hybridized carbons (Fsp3) is 0.417. The van der Waals surface area contributed by atoms with Gasteiger partial charge in [0.05, 0.1) is 12.6 Å². The first-order valence-corrected chi connectivity index (χ1v) is 10.6. The Morgan fingerprint density at radius 1 is 0.933 bits per heavy atom. The van der Waals surface area contributed by atoms with Crippen LogP contribution in [0.25, 0.3) is 0 Å². The van der Waals surface area contributed by atoms with Crippen molar-refractivity contribution in [3.63, 3.8) is 0 Å². The molecule has 3 rings (SSSR count). The number of rotatable bonds is 7. The second kappa shape index (κ2) is 10.4. The van der Waals surface area contributed by atoms with Gasteiger partial charge in [0.1, 0.15) is 0 Å². The zero-order valence-electron chi connectivity index (χ0n) is 18.1. The number of para-hydroxylation sites is 1. The molecule has 1 aliphatic rings. The number of hydrogen-bond donors (Lipinski definition) is 2. The highest BCUT2D eigenvalue weighted by atomic mass is 16.2. The fourth-order valence-electron chi connectivity index (χ4n) is 3.83. The molecule has 0 unspecified atom stereocenters. The van der Waals surface area contributed by atoms with Gasteiger partial charge in [0, 0.05) is 38.4 Å². The van der Waals surface area contributed by atoms with Crippen molar-refractivity contribution in [2.45, 2.75) is 33.4 Å². The minimum absolute atomic E-state index is 0.0229. The minimum atomic E-state index is -0.253. The standard InChI is InChI=1S/C24H32N4O2/c1-18-8-7-9-19(2)23(18)26-22(29)16-25-24(30)20(3)28-14-12-27(13-15-28)17-21-10-5-4-6-11-21/h4-11,20H,12-17H2,1-3H3,(H,25,30)(H,26,29)/t20-/m0/s1. The number of aryl methyl sites for hydroxylation is 2. The van der Waals surface area contributed by atoms with Crippen LogP contribution < -0.4 is 10.6 Å². The summed E-state index contributed by atoms with van der Waals surface area (Å²) < 4.78 is 0. The summed E-state index contributed by atoms with van der Waals surface area (Å²) in [7, 11) is 0. The van der Waals surface area contributed by atoms with E-state index >= 15 is 0 Å². The summed E-state index contributed by atoms with van der Waals surface area (Å²) in [6.45, 7) is 10.3. The number of benzene rings is 2. The van der Waals surface area contributed by atoms with Gasteiger partial charge in [0.25, 0.3) is 0 Å². The van der Waals surface area contributed by atoms with E-state index in [2.05, 4.69) is 44.7 Å². The molecule has 0 spiro atoms. The van der Waals surface area contributed by atoms with Gasteiger partial charge >= 0.3 is 0 Å². The van der Waals surface area contributed by atoms with E-state index < -0.39 is 0 Å². The van der Waals surface area contributed by atoms with E-state index in [-0.39, 0.29) is 24.4 Å². The molecule has 2 aromatic carbocycles. The molecule has 0 saturated carbocycles. The summed E-state index contributed by atoms with van der Waals surface area (Å²) in [5, 5.41) is 5.69. The highest BCUT2D eigenvalue weighted by molar-refractivity contribution is 5.96. The zero-order valence-corrected chi connectivity index (χ0v) is 18.1. The lowest BCUT2D eigenvalue weighted by Crippen LogP contribution is -2.54. The Balaban J connectivity index is 1.42. The number of nitrogens with one attached hydrogen (secondary N) is 2. The molecule has 2 aromatic rings. The van der Waals surface area contributed by atoms with Gasteiger partial charge in [-0.05, 0) is 37.5 Å². The molecular weight excluding hydrogens is 376 g/mol. The Labute approximate surface area is 179 Å². The normalized spacial score (nSPS) is 16.1. The van der Waals surface area contributed by atoms with Crippen molar-refractivity contribution in [2.24, 2.45) is 0 Å². The predicted molar refractivity (Wildman–Crippen MR) is 120 cm³/mol. The van der Waals surface area contributed by atoms with Crippen molar-refractivity contribution in [3.8, 4) is 0 Å². The third-order valence-corrected chi connectivity index (χ3v) is 5.75. The van der Waals surface area contributed by atoms with Gasteiger partial charge < -0.3 is 10.6 Å². The summed E-state index contributed by atoms with van der Waals surface area (Å²) in [4.78, 5) is 29.4. The Hall–Kier alpha value is -2.70. The van der Waals surface area contributed by atoms with E-state index in [0.29, 0.717) is 0 Å². The molecule has 1 fully saturated rings. The molecule has 0 aromatic heterocycles. The summed E-state index contributed by atoms with van der Waals surface area (Å²) in [6.07, 6.45) is 0. The van der Waals surface area contributed by atoms with Crippen LogP contribution in [0.2, 0.25) is 0 Å². The molecule has 160 valence electrons. The maximum absolute atomic E-state index is 12.6. The molecule has 2 amide bonds. The van der Waals surface area contributed by atoms with Gasteiger partial charge in [0.15, 0.2) is 0 Å². The Bertz CT molecular complexity index is 841. The van der Waals surface area contributed by atoms with Gasteiger partial charge in [-0.15, -0.1) is 0 Å². The smallest absolute Gasteiger partial charge is 0.243 e. The Morgan fingerprint density at radius 2 is 1.57 bits per heavy atom. The third kappa shape index (κ3) is 5.90. The first-order valence-electron chi connectivity index (χ1n) is 10.6. The number of hydrogen-bond acceptors (Lipinski definition) is 4. The van der Waals surface area contributed by atoms with Gasteiger partial charge in [-0.3, -0.25) is 19.4 Å². The minimum Gasteiger partial charge on any atom is -0.346 e. The molecule has 1 saturated heterocycles. The van der Waals surface area contributed by atoms with Crippen LogP contribution in [-0.4, -0.2) is 60.4 Å². The summed E-state index contributed by atoms with van der Waals surface area (Å²) in [5.41, 5.74) is 4.15. The van der Waals surface area contributed by atoms with Crippen LogP contribution in [-0.2, 0) is 16.1 Å². The first kappa shape index (κ1) is 22.0. The summed E-state index contributed by atoms with van der Waals surface area (Å²) in [5.74, 6) is -0.316. The average molecular weight is 409 g/mol. The highest BCUT2D eigenvalue weighted by Crippen LogP contribution is 2.19. The van der Waals surface area contributed by atoms with E-state index in [0.717, 1.165) is 49.5 Å². The van der Waals surface area contributed by atoms with E-state index in [9.17, 15) is 9.59 Å². The van der Waals surface area contributed by atoms with Gasteiger partial charge in [0.2, 0.25) is 11.8 Å². The van der Waals surface area contributed by atoms with Gasteiger partial charge in [-0.2, -0.15) is 0 Å².